The zero-order valence-corrected chi connectivity index (χ0v) is 14.3. The van der Waals surface area contributed by atoms with Crippen LogP contribution in [0.3, 0.4) is 0 Å². The third-order valence-electron chi connectivity index (χ3n) is 3.02. The minimum Gasteiger partial charge on any atom is -0.326 e. The van der Waals surface area contributed by atoms with Gasteiger partial charge in [0.25, 0.3) is 0 Å². The number of benzene rings is 2. The maximum atomic E-state index is 11.8. The molecule has 2 rings (SSSR count). The van der Waals surface area contributed by atoms with Crippen molar-refractivity contribution in [3.05, 3.63) is 70.6 Å². The molecule has 126 valence electrons. The number of rotatable bonds is 7. The first-order valence-corrected chi connectivity index (χ1v) is 9.15. The Bertz CT molecular complexity index is 803. The second-order valence-electron chi connectivity index (χ2n) is 4.96. The maximum Gasteiger partial charge on any atom is 0.233 e. The van der Waals surface area contributed by atoms with Crippen molar-refractivity contribution in [2.75, 3.05) is 11.9 Å². The van der Waals surface area contributed by atoms with Gasteiger partial charge in [0.1, 0.15) is 0 Å². The van der Waals surface area contributed by atoms with Gasteiger partial charge in [-0.15, -0.1) is 0 Å². The monoisotopic (exact) mass is 364 g/mol. The van der Waals surface area contributed by atoms with E-state index in [1.807, 2.05) is 18.2 Å². The van der Waals surface area contributed by atoms with Crippen molar-refractivity contribution in [3.63, 3.8) is 0 Å². The Kier molecular flexibility index (Phi) is 6.54. The van der Waals surface area contributed by atoms with Crippen molar-refractivity contribution in [2.24, 2.45) is 0 Å². The van der Waals surface area contributed by atoms with E-state index in [2.05, 4.69) is 10.0 Å². The number of hydrogen-bond donors (Lipinski definition) is 2. The van der Waals surface area contributed by atoms with Gasteiger partial charge in [-0.3, -0.25) is 4.79 Å². The highest BCUT2D eigenvalue weighted by molar-refractivity contribution is 7.92. The molecule has 0 saturated heterocycles. The van der Waals surface area contributed by atoms with Crippen molar-refractivity contribution >= 4 is 39.3 Å². The van der Waals surface area contributed by atoms with Crippen molar-refractivity contribution in [3.8, 4) is 0 Å². The first-order chi connectivity index (χ1) is 11.4. The molecule has 0 radical (unpaired) electrons. The molecule has 0 aliphatic rings. The van der Waals surface area contributed by atoms with Gasteiger partial charge in [-0.25, -0.2) is 13.1 Å². The second kappa shape index (κ2) is 8.63. The molecule has 2 N–H and O–H groups in total. The number of hydrogen-bond acceptors (Lipinski definition) is 3. The Labute approximate surface area is 146 Å². The van der Waals surface area contributed by atoms with E-state index in [1.165, 1.54) is 6.08 Å². The standard InChI is InChI=1S/C17H17ClN2O3S/c18-15-6-8-16(9-7-15)20-17(21)10-12-19-24(22,23)13-11-14-4-2-1-3-5-14/h1-9,11,13,19H,10,12H2,(H,20,21). The summed E-state index contributed by atoms with van der Waals surface area (Å²) in [6, 6.07) is 15.8. The average Bonchev–Trinajstić information content (AvgIpc) is 2.56. The summed E-state index contributed by atoms with van der Waals surface area (Å²) in [7, 11) is -3.58. The van der Waals surface area contributed by atoms with Crippen LogP contribution in [0.25, 0.3) is 6.08 Å². The lowest BCUT2D eigenvalue weighted by atomic mass is 10.2. The first kappa shape index (κ1) is 18.2. The summed E-state index contributed by atoms with van der Waals surface area (Å²) in [4.78, 5) is 11.8. The van der Waals surface area contributed by atoms with E-state index in [9.17, 15) is 13.2 Å². The van der Waals surface area contributed by atoms with Crippen LogP contribution in [0.5, 0.6) is 0 Å². The van der Waals surface area contributed by atoms with Crippen molar-refractivity contribution in [1.82, 2.24) is 4.72 Å². The summed E-state index contributed by atoms with van der Waals surface area (Å²) >= 11 is 5.76. The molecule has 0 bridgehead atoms. The largest absolute Gasteiger partial charge is 0.326 e. The molecule has 7 heteroatoms. The number of carbonyl (C=O) groups excluding carboxylic acids is 1. The normalized spacial score (nSPS) is 11.5. The van der Waals surface area contributed by atoms with E-state index < -0.39 is 10.0 Å². The van der Waals surface area contributed by atoms with E-state index in [1.54, 1.807) is 36.4 Å². The Morgan fingerprint density at radius 3 is 2.38 bits per heavy atom. The van der Waals surface area contributed by atoms with E-state index in [4.69, 9.17) is 11.6 Å². The predicted molar refractivity (Wildman–Crippen MR) is 97.1 cm³/mol. The van der Waals surface area contributed by atoms with Gasteiger partial charge in [-0.2, -0.15) is 0 Å². The van der Waals surface area contributed by atoms with E-state index in [0.717, 1.165) is 11.0 Å². The molecule has 0 saturated carbocycles. The summed E-state index contributed by atoms with van der Waals surface area (Å²) in [5.74, 6) is -0.285. The third-order valence-corrected chi connectivity index (χ3v) is 4.38. The van der Waals surface area contributed by atoms with Gasteiger partial charge in [0, 0.05) is 29.1 Å². The van der Waals surface area contributed by atoms with Crippen LogP contribution in [-0.4, -0.2) is 20.9 Å². The number of sulfonamides is 1. The second-order valence-corrected chi connectivity index (χ2v) is 7.05. The van der Waals surface area contributed by atoms with Gasteiger partial charge in [-0.05, 0) is 35.9 Å². The van der Waals surface area contributed by atoms with Crippen molar-refractivity contribution in [2.45, 2.75) is 6.42 Å². The highest BCUT2D eigenvalue weighted by Crippen LogP contribution is 2.13. The summed E-state index contributed by atoms with van der Waals surface area (Å²) in [6.07, 6.45) is 1.52. The minimum absolute atomic E-state index is 0.0148. The maximum absolute atomic E-state index is 11.8. The van der Waals surface area contributed by atoms with Gasteiger partial charge in [0.05, 0.1) is 0 Å². The van der Waals surface area contributed by atoms with E-state index >= 15 is 0 Å². The van der Waals surface area contributed by atoms with Crippen molar-refractivity contribution < 1.29 is 13.2 Å². The first-order valence-electron chi connectivity index (χ1n) is 7.23. The van der Waals surface area contributed by atoms with Crippen LogP contribution < -0.4 is 10.0 Å². The molecule has 0 spiro atoms. The number of anilines is 1. The molecule has 5 nitrogen and oxygen atoms in total. The van der Waals surface area contributed by atoms with Gasteiger partial charge in [0.15, 0.2) is 0 Å². The minimum atomic E-state index is -3.58. The number of halogens is 1. The fourth-order valence-electron chi connectivity index (χ4n) is 1.84. The van der Waals surface area contributed by atoms with Crippen molar-refractivity contribution in [1.29, 1.82) is 0 Å². The molecule has 0 aliphatic carbocycles. The molecule has 0 fully saturated rings. The van der Waals surface area contributed by atoms with Gasteiger partial charge < -0.3 is 5.32 Å². The molecule has 0 unspecified atom stereocenters. The quantitative estimate of drug-likeness (QED) is 0.791. The fraction of sp³-hybridized carbons (Fsp3) is 0.118. The zero-order valence-electron chi connectivity index (χ0n) is 12.8. The molecule has 2 aromatic carbocycles. The Morgan fingerprint density at radius 1 is 1.04 bits per heavy atom. The van der Waals surface area contributed by atoms with Crippen LogP contribution in [0.4, 0.5) is 5.69 Å². The molecule has 0 atom stereocenters. The lowest BCUT2D eigenvalue weighted by Crippen LogP contribution is -2.26. The topological polar surface area (TPSA) is 75.3 Å². The molecular weight excluding hydrogens is 348 g/mol. The molecule has 0 heterocycles. The molecule has 0 aliphatic heterocycles. The molecule has 24 heavy (non-hydrogen) atoms. The highest BCUT2D eigenvalue weighted by atomic mass is 35.5. The predicted octanol–water partition coefficient (Wildman–Crippen LogP) is 3.26. The number of nitrogens with one attached hydrogen (secondary N) is 2. The van der Waals surface area contributed by atoms with Gasteiger partial charge in [-0.1, -0.05) is 41.9 Å². The van der Waals surface area contributed by atoms with Crippen LogP contribution in [0, 0.1) is 0 Å². The lowest BCUT2D eigenvalue weighted by Gasteiger charge is -2.06. The Hall–Kier alpha value is -2.15. The summed E-state index contributed by atoms with van der Waals surface area (Å²) in [5.41, 5.74) is 1.39. The SMILES string of the molecule is O=C(CCNS(=O)(=O)C=Cc1ccccc1)Nc1ccc(Cl)cc1. The summed E-state index contributed by atoms with van der Waals surface area (Å²) in [6.45, 7) is 0.0148. The van der Waals surface area contributed by atoms with E-state index in [0.29, 0.717) is 10.7 Å². The molecular formula is C17H17ClN2O3S. The van der Waals surface area contributed by atoms with Crippen LogP contribution in [-0.2, 0) is 14.8 Å². The molecule has 2 aromatic rings. The fourth-order valence-corrected chi connectivity index (χ4v) is 2.79. The molecule has 0 aromatic heterocycles. The lowest BCUT2D eigenvalue weighted by molar-refractivity contribution is -0.116. The number of carbonyl (C=O) groups is 1. The summed E-state index contributed by atoms with van der Waals surface area (Å²) in [5, 5.41) is 4.32. The van der Waals surface area contributed by atoms with Gasteiger partial charge >= 0.3 is 0 Å². The summed E-state index contributed by atoms with van der Waals surface area (Å²) < 4.78 is 26.0. The third kappa shape index (κ3) is 6.54. The van der Waals surface area contributed by atoms with Crippen LogP contribution in [0.1, 0.15) is 12.0 Å². The Morgan fingerprint density at radius 2 is 1.71 bits per heavy atom. The van der Waals surface area contributed by atoms with Gasteiger partial charge in [0.2, 0.25) is 15.9 Å². The zero-order chi connectivity index (χ0) is 17.4. The van der Waals surface area contributed by atoms with Crippen LogP contribution in [0.2, 0.25) is 5.02 Å². The number of amides is 1. The smallest absolute Gasteiger partial charge is 0.233 e. The Balaban J connectivity index is 1.79. The highest BCUT2D eigenvalue weighted by Gasteiger charge is 2.07. The van der Waals surface area contributed by atoms with E-state index in [-0.39, 0.29) is 18.9 Å². The van der Waals surface area contributed by atoms with Crippen LogP contribution >= 0.6 is 11.6 Å². The van der Waals surface area contributed by atoms with Crippen LogP contribution in [0.15, 0.2) is 60.0 Å². The average molecular weight is 365 g/mol. The molecule has 1 amide bonds.